The number of carbonyl (C=O) groups is 1. The molecule has 0 radical (unpaired) electrons. The smallest absolute Gasteiger partial charge is 0.220 e. The Hall–Kier alpha value is -2.14. The molecule has 5 heteroatoms. The van der Waals surface area contributed by atoms with Gasteiger partial charge in [-0.05, 0) is 31.6 Å². The first-order chi connectivity index (χ1) is 13.3. The van der Waals surface area contributed by atoms with Crippen LogP contribution in [0.2, 0.25) is 0 Å². The van der Waals surface area contributed by atoms with Gasteiger partial charge in [-0.2, -0.15) is 0 Å². The van der Waals surface area contributed by atoms with Crippen LogP contribution in [-0.2, 0) is 11.3 Å². The molecule has 0 spiro atoms. The van der Waals surface area contributed by atoms with Crippen molar-refractivity contribution in [3.05, 3.63) is 42.2 Å². The summed E-state index contributed by atoms with van der Waals surface area (Å²) in [5.41, 5.74) is 1.97. The minimum atomic E-state index is 0.253. The molecule has 0 bridgehead atoms. The summed E-state index contributed by atoms with van der Waals surface area (Å²) in [4.78, 5) is 14.6. The number of rotatable bonds is 6. The number of hydrogen-bond acceptors (Lipinski definition) is 4. The van der Waals surface area contributed by atoms with Gasteiger partial charge in [0.25, 0.3) is 0 Å². The standard InChI is InChI=1S/C22H29N3O2/c26-22(14-17-6-4-5-7-17)23-19-10-12-25(13-11-19)16-20-15-21(24-27-20)18-8-2-1-3-9-18/h1-3,8-9,15,17,19H,4-7,10-14,16H2,(H,23,26). The molecule has 1 saturated carbocycles. The first-order valence-corrected chi connectivity index (χ1v) is 10.3. The minimum Gasteiger partial charge on any atom is -0.359 e. The molecule has 1 aliphatic heterocycles. The van der Waals surface area contributed by atoms with Crippen LogP contribution in [0, 0.1) is 5.92 Å². The molecule has 4 rings (SSSR count). The second-order valence-corrected chi connectivity index (χ2v) is 8.02. The fourth-order valence-corrected chi connectivity index (χ4v) is 4.35. The third-order valence-corrected chi connectivity index (χ3v) is 5.91. The van der Waals surface area contributed by atoms with E-state index in [0.29, 0.717) is 12.0 Å². The molecule has 1 N–H and O–H groups in total. The number of likely N-dealkylation sites (tertiary alicyclic amines) is 1. The Morgan fingerprint density at radius 3 is 2.59 bits per heavy atom. The maximum Gasteiger partial charge on any atom is 0.220 e. The fraction of sp³-hybridized carbons (Fsp3) is 0.545. The highest BCUT2D eigenvalue weighted by atomic mass is 16.5. The van der Waals surface area contributed by atoms with Gasteiger partial charge in [0.15, 0.2) is 5.76 Å². The van der Waals surface area contributed by atoms with Gasteiger partial charge in [0.05, 0.1) is 6.54 Å². The van der Waals surface area contributed by atoms with E-state index in [1.165, 1.54) is 25.7 Å². The van der Waals surface area contributed by atoms with Gasteiger partial charge in [0.2, 0.25) is 5.91 Å². The van der Waals surface area contributed by atoms with E-state index in [1.807, 2.05) is 36.4 Å². The molecule has 27 heavy (non-hydrogen) atoms. The van der Waals surface area contributed by atoms with Crippen LogP contribution in [0.3, 0.4) is 0 Å². The zero-order valence-corrected chi connectivity index (χ0v) is 15.9. The molecule has 1 aromatic heterocycles. The third kappa shape index (κ3) is 4.98. The summed E-state index contributed by atoms with van der Waals surface area (Å²) in [6, 6.07) is 12.5. The van der Waals surface area contributed by atoms with Gasteiger partial charge in [0, 0.05) is 37.2 Å². The van der Waals surface area contributed by atoms with Crippen molar-refractivity contribution >= 4 is 5.91 Å². The summed E-state index contributed by atoms with van der Waals surface area (Å²) in [5.74, 6) is 1.77. The normalized spacial score (nSPS) is 19.4. The van der Waals surface area contributed by atoms with Gasteiger partial charge >= 0.3 is 0 Å². The van der Waals surface area contributed by atoms with Crippen LogP contribution in [0.1, 0.15) is 50.7 Å². The zero-order chi connectivity index (χ0) is 18.5. The van der Waals surface area contributed by atoms with Crippen LogP contribution in [0.25, 0.3) is 11.3 Å². The van der Waals surface area contributed by atoms with E-state index in [9.17, 15) is 4.79 Å². The molecule has 1 aromatic carbocycles. The molecular formula is C22H29N3O2. The van der Waals surface area contributed by atoms with E-state index in [4.69, 9.17) is 4.52 Å². The first-order valence-electron chi connectivity index (χ1n) is 10.3. The van der Waals surface area contributed by atoms with Crippen LogP contribution < -0.4 is 5.32 Å². The molecular weight excluding hydrogens is 338 g/mol. The number of carbonyl (C=O) groups excluding carboxylic acids is 1. The Morgan fingerprint density at radius 2 is 1.85 bits per heavy atom. The second kappa shape index (κ2) is 8.70. The van der Waals surface area contributed by atoms with Crippen LogP contribution in [0.15, 0.2) is 40.9 Å². The monoisotopic (exact) mass is 367 g/mol. The lowest BCUT2D eigenvalue weighted by Crippen LogP contribution is -2.44. The van der Waals surface area contributed by atoms with Gasteiger partial charge in [-0.3, -0.25) is 9.69 Å². The second-order valence-electron chi connectivity index (χ2n) is 8.02. The Morgan fingerprint density at radius 1 is 1.11 bits per heavy atom. The molecule has 2 aromatic rings. The Balaban J connectivity index is 1.21. The quantitative estimate of drug-likeness (QED) is 0.838. The molecule has 2 fully saturated rings. The van der Waals surface area contributed by atoms with Crippen molar-refractivity contribution in [1.29, 1.82) is 0 Å². The van der Waals surface area contributed by atoms with E-state index in [2.05, 4.69) is 15.4 Å². The Bertz CT molecular complexity index is 729. The summed E-state index contributed by atoms with van der Waals surface area (Å²) in [6.07, 6.45) is 7.79. The SMILES string of the molecule is O=C(CC1CCCC1)NC1CCN(Cc2cc(-c3ccccc3)no2)CC1. The number of hydrogen-bond donors (Lipinski definition) is 1. The minimum absolute atomic E-state index is 0.253. The molecule has 2 aliphatic rings. The van der Waals surface area contributed by atoms with Gasteiger partial charge < -0.3 is 9.84 Å². The van der Waals surface area contributed by atoms with Crippen molar-refractivity contribution in [3.63, 3.8) is 0 Å². The maximum atomic E-state index is 12.2. The predicted molar refractivity (Wildman–Crippen MR) is 105 cm³/mol. The summed E-state index contributed by atoms with van der Waals surface area (Å²) in [7, 11) is 0. The Kier molecular flexibility index (Phi) is 5.87. The molecule has 2 heterocycles. The molecule has 1 aliphatic carbocycles. The van der Waals surface area contributed by atoms with Crippen LogP contribution >= 0.6 is 0 Å². The van der Waals surface area contributed by atoms with Crippen molar-refractivity contribution < 1.29 is 9.32 Å². The lowest BCUT2D eigenvalue weighted by Gasteiger charge is -2.31. The van der Waals surface area contributed by atoms with E-state index >= 15 is 0 Å². The van der Waals surface area contributed by atoms with Gasteiger partial charge in [0.1, 0.15) is 5.69 Å². The number of nitrogens with zero attached hydrogens (tertiary/aromatic N) is 2. The summed E-state index contributed by atoms with van der Waals surface area (Å²) < 4.78 is 5.53. The molecule has 1 amide bonds. The van der Waals surface area contributed by atoms with E-state index in [1.54, 1.807) is 0 Å². The zero-order valence-electron chi connectivity index (χ0n) is 15.9. The maximum absolute atomic E-state index is 12.2. The summed E-state index contributed by atoms with van der Waals surface area (Å²) in [5, 5.41) is 7.45. The van der Waals surface area contributed by atoms with Crippen molar-refractivity contribution in [2.45, 2.75) is 57.5 Å². The molecule has 144 valence electrons. The lowest BCUT2D eigenvalue weighted by atomic mass is 10.0. The number of benzene rings is 1. The van der Waals surface area contributed by atoms with Gasteiger partial charge in [-0.1, -0.05) is 48.3 Å². The first kappa shape index (κ1) is 18.2. The number of piperidine rings is 1. The summed E-state index contributed by atoms with van der Waals surface area (Å²) >= 11 is 0. The van der Waals surface area contributed by atoms with E-state index < -0.39 is 0 Å². The van der Waals surface area contributed by atoms with E-state index in [-0.39, 0.29) is 5.91 Å². The van der Waals surface area contributed by atoms with Gasteiger partial charge in [-0.15, -0.1) is 0 Å². The molecule has 0 atom stereocenters. The van der Waals surface area contributed by atoms with Crippen molar-refractivity contribution in [2.24, 2.45) is 5.92 Å². The molecule has 5 nitrogen and oxygen atoms in total. The number of aromatic nitrogens is 1. The highest BCUT2D eigenvalue weighted by Crippen LogP contribution is 2.27. The number of nitrogens with one attached hydrogen (secondary N) is 1. The highest BCUT2D eigenvalue weighted by molar-refractivity contribution is 5.76. The lowest BCUT2D eigenvalue weighted by molar-refractivity contribution is -0.123. The van der Waals surface area contributed by atoms with Crippen LogP contribution in [-0.4, -0.2) is 35.1 Å². The van der Waals surface area contributed by atoms with Gasteiger partial charge in [-0.25, -0.2) is 0 Å². The predicted octanol–water partition coefficient (Wildman–Crippen LogP) is 4.00. The average Bonchev–Trinajstić information content (AvgIpc) is 3.36. The fourth-order valence-electron chi connectivity index (χ4n) is 4.35. The largest absolute Gasteiger partial charge is 0.359 e. The van der Waals surface area contributed by atoms with Crippen molar-refractivity contribution in [2.75, 3.05) is 13.1 Å². The summed E-state index contributed by atoms with van der Waals surface area (Å²) in [6.45, 7) is 2.74. The third-order valence-electron chi connectivity index (χ3n) is 5.91. The van der Waals surface area contributed by atoms with Crippen molar-refractivity contribution in [1.82, 2.24) is 15.4 Å². The average molecular weight is 367 g/mol. The molecule has 1 saturated heterocycles. The van der Waals surface area contributed by atoms with Crippen molar-refractivity contribution in [3.8, 4) is 11.3 Å². The van der Waals surface area contributed by atoms with Crippen LogP contribution in [0.4, 0.5) is 0 Å². The number of amides is 1. The highest BCUT2D eigenvalue weighted by Gasteiger charge is 2.24. The topological polar surface area (TPSA) is 58.4 Å². The Labute approximate surface area is 161 Å². The van der Waals surface area contributed by atoms with Crippen LogP contribution in [0.5, 0.6) is 0 Å². The molecule has 0 unspecified atom stereocenters. The van der Waals surface area contributed by atoms with E-state index in [0.717, 1.165) is 55.9 Å².